The lowest BCUT2D eigenvalue weighted by molar-refractivity contribution is -0.129. The summed E-state index contributed by atoms with van der Waals surface area (Å²) in [4.78, 5) is 12.1. The molecule has 0 heterocycles. The number of amides is 1. The van der Waals surface area contributed by atoms with Crippen LogP contribution in [0.2, 0.25) is 0 Å². The normalized spacial score (nSPS) is 11.2. The first-order valence-electron chi connectivity index (χ1n) is 5.47. The molecule has 0 aromatic heterocycles. The van der Waals surface area contributed by atoms with Crippen molar-refractivity contribution in [2.45, 2.75) is 11.3 Å². The summed E-state index contributed by atoms with van der Waals surface area (Å²) in [6.07, 6.45) is 0.123. The molecule has 0 aliphatic heterocycles. The van der Waals surface area contributed by atoms with E-state index in [0.29, 0.717) is 0 Å². The molecule has 9 heteroatoms. The van der Waals surface area contributed by atoms with E-state index in [4.69, 9.17) is 9.88 Å². The van der Waals surface area contributed by atoms with Gasteiger partial charge in [-0.1, -0.05) is 0 Å². The van der Waals surface area contributed by atoms with Gasteiger partial charge in [0.2, 0.25) is 15.9 Å². The summed E-state index contributed by atoms with van der Waals surface area (Å²) >= 11 is 3.06. The van der Waals surface area contributed by atoms with Gasteiger partial charge in [-0.15, -0.1) is 0 Å². The van der Waals surface area contributed by atoms with Gasteiger partial charge in [0.25, 0.3) is 0 Å². The van der Waals surface area contributed by atoms with Crippen molar-refractivity contribution in [2.24, 2.45) is 5.14 Å². The van der Waals surface area contributed by atoms with Gasteiger partial charge in [-0.25, -0.2) is 17.9 Å². The maximum absolute atomic E-state index is 13.6. The molecule has 0 fully saturated rings. The molecule has 0 radical (unpaired) electrons. The Morgan fingerprint density at radius 3 is 2.55 bits per heavy atom. The predicted molar refractivity (Wildman–Crippen MR) is 74.3 cm³/mol. The van der Waals surface area contributed by atoms with E-state index in [1.807, 2.05) is 0 Å². The zero-order valence-corrected chi connectivity index (χ0v) is 13.3. The minimum Gasteiger partial charge on any atom is -0.492 e. The Morgan fingerprint density at radius 2 is 2.05 bits per heavy atom. The third kappa shape index (κ3) is 4.43. The van der Waals surface area contributed by atoms with Crippen LogP contribution in [0, 0.1) is 5.82 Å². The second-order valence-electron chi connectivity index (χ2n) is 4.14. The first kappa shape index (κ1) is 16.9. The largest absolute Gasteiger partial charge is 0.492 e. The van der Waals surface area contributed by atoms with Crippen LogP contribution in [0.4, 0.5) is 4.39 Å². The lowest BCUT2D eigenvalue weighted by Gasteiger charge is -2.12. The van der Waals surface area contributed by atoms with Crippen molar-refractivity contribution in [2.75, 3.05) is 20.7 Å². The van der Waals surface area contributed by atoms with Crippen molar-refractivity contribution in [3.8, 4) is 5.75 Å². The number of ether oxygens (including phenoxy) is 1. The van der Waals surface area contributed by atoms with Gasteiger partial charge < -0.3 is 9.64 Å². The Morgan fingerprint density at radius 1 is 1.45 bits per heavy atom. The Balaban J connectivity index is 2.84. The summed E-state index contributed by atoms with van der Waals surface area (Å²) in [6, 6.07) is 1.93. The molecule has 0 aliphatic carbocycles. The molecular weight excluding hydrogens is 355 g/mol. The highest BCUT2D eigenvalue weighted by atomic mass is 79.9. The molecule has 1 amide bonds. The number of hydrogen-bond donors (Lipinski definition) is 1. The molecule has 20 heavy (non-hydrogen) atoms. The summed E-state index contributed by atoms with van der Waals surface area (Å²) in [5, 5.41) is 4.87. The van der Waals surface area contributed by atoms with Gasteiger partial charge in [0.05, 0.1) is 17.5 Å². The van der Waals surface area contributed by atoms with Crippen LogP contribution in [-0.2, 0) is 14.8 Å². The highest BCUT2D eigenvalue weighted by molar-refractivity contribution is 9.10. The highest BCUT2D eigenvalue weighted by Crippen LogP contribution is 2.29. The number of hydrogen-bond acceptors (Lipinski definition) is 4. The Hall–Kier alpha value is -1.19. The van der Waals surface area contributed by atoms with Crippen LogP contribution in [0.25, 0.3) is 0 Å². The second kappa shape index (κ2) is 6.51. The molecule has 6 nitrogen and oxygen atoms in total. The third-order valence-corrected chi connectivity index (χ3v) is 3.91. The minimum atomic E-state index is -4.14. The van der Waals surface area contributed by atoms with Crippen molar-refractivity contribution in [1.29, 1.82) is 0 Å². The Labute approximate surface area is 124 Å². The van der Waals surface area contributed by atoms with Crippen LogP contribution in [0.1, 0.15) is 6.42 Å². The molecule has 112 valence electrons. The fraction of sp³-hybridized carbons (Fsp3) is 0.364. The number of nitrogens with zero attached hydrogens (tertiary/aromatic N) is 1. The molecule has 0 bridgehead atoms. The number of primary sulfonamides is 1. The molecule has 1 rings (SSSR count). The number of nitrogens with two attached hydrogens (primary N) is 1. The van der Waals surface area contributed by atoms with Gasteiger partial charge in [0, 0.05) is 20.2 Å². The lowest BCUT2D eigenvalue weighted by atomic mass is 10.3. The van der Waals surface area contributed by atoms with Crippen LogP contribution in [0.5, 0.6) is 5.75 Å². The molecule has 0 spiro atoms. The smallest absolute Gasteiger partial charge is 0.241 e. The zero-order valence-electron chi connectivity index (χ0n) is 10.9. The monoisotopic (exact) mass is 368 g/mol. The van der Waals surface area contributed by atoms with Gasteiger partial charge in [-0.2, -0.15) is 0 Å². The molecule has 2 N–H and O–H groups in total. The van der Waals surface area contributed by atoms with Gasteiger partial charge >= 0.3 is 0 Å². The van der Waals surface area contributed by atoms with Crippen molar-refractivity contribution < 1.29 is 22.3 Å². The maximum Gasteiger partial charge on any atom is 0.241 e. The summed E-state index contributed by atoms with van der Waals surface area (Å²) in [5.41, 5.74) is 0. The number of sulfonamides is 1. The molecule has 0 aliphatic rings. The quantitative estimate of drug-likeness (QED) is 0.842. The van der Waals surface area contributed by atoms with Crippen molar-refractivity contribution in [3.63, 3.8) is 0 Å². The third-order valence-electron chi connectivity index (χ3n) is 2.37. The van der Waals surface area contributed by atoms with E-state index in [-0.39, 0.29) is 29.2 Å². The van der Waals surface area contributed by atoms with Crippen LogP contribution < -0.4 is 9.88 Å². The van der Waals surface area contributed by atoms with E-state index in [1.165, 1.54) is 4.90 Å². The highest BCUT2D eigenvalue weighted by Gasteiger charge is 2.18. The van der Waals surface area contributed by atoms with Crippen molar-refractivity contribution >= 4 is 31.9 Å². The standard InChI is InChI=1S/C11H14BrFN2O4S/c1-15(2)11(16)3-4-19-9-6-8(13)10(5-7(9)12)20(14,17)18/h5-6H,3-4H2,1-2H3,(H2,14,17,18). The predicted octanol–water partition coefficient (Wildman–Crippen LogP) is 1.09. The SMILES string of the molecule is CN(C)C(=O)CCOc1cc(F)c(S(N)(=O)=O)cc1Br. The van der Waals surface area contributed by atoms with Crippen LogP contribution in [-0.4, -0.2) is 39.9 Å². The molecule has 0 saturated heterocycles. The fourth-order valence-electron chi connectivity index (χ4n) is 1.31. The molecular formula is C11H14BrFN2O4S. The van der Waals surface area contributed by atoms with E-state index in [2.05, 4.69) is 15.9 Å². The second-order valence-corrected chi connectivity index (χ2v) is 6.53. The van der Waals surface area contributed by atoms with Gasteiger partial charge in [0.1, 0.15) is 16.5 Å². The van der Waals surface area contributed by atoms with E-state index in [1.54, 1.807) is 14.1 Å². The van der Waals surface area contributed by atoms with Gasteiger partial charge in [-0.05, 0) is 22.0 Å². The first-order valence-corrected chi connectivity index (χ1v) is 7.81. The average Bonchev–Trinajstić information content (AvgIpc) is 2.31. The van der Waals surface area contributed by atoms with Crippen LogP contribution in [0.3, 0.4) is 0 Å². The van der Waals surface area contributed by atoms with E-state index >= 15 is 0 Å². The minimum absolute atomic E-state index is 0.0454. The van der Waals surface area contributed by atoms with E-state index in [9.17, 15) is 17.6 Å². The molecule has 1 aromatic carbocycles. The van der Waals surface area contributed by atoms with Gasteiger partial charge in [0.15, 0.2) is 0 Å². The van der Waals surface area contributed by atoms with Crippen LogP contribution >= 0.6 is 15.9 Å². The Bertz CT molecular complexity index is 619. The van der Waals surface area contributed by atoms with Crippen molar-refractivity contribution in [3.05, 3.63) is 22.4 Å². The molecule has 0 unspecified atom stereocenters. The van der Waals surface area contributed by atoms with E-state index in [0.717, 1.165) is 12.1 Å². The number of benzene rings is 1. The summed E-state index contributed by atoms with van der Waals surface area (Å²) < 4.78 is 41.3. The number of halogens is 2. The zero-order chi connectivity index (χ0) is 15.5. The summed E-state index contributed by atoms with van der Waals surface area (Å²) in [6.45, 7) is 0.0454. The maximum atomic E-state index is 13.6. The van der Waals surface area contributed by atoms with Crippen LogP contribution in [0.15, 0.2) is 21.5 Å². The summed E-state index contributed by atoms with van der Waals surface area (Å²) in [7, 11) is -0.919. The molecule has 0 saturated carbocycles. The lowest BCUT2D eigenvalue weighted by Crippen LogP contribution is -2.23. The van der Waals surface area contributed by atoms with Gasteiger partial charge in [-0.3, -0.25) is 4.79 Å². The molecule has 0 atom stereocenters. The average molecular weight is 369 g/mol. The Kier molecular flexibility index (Phi) is 5.49. The fourth-order valence-corrected chi connectivity index (χ4v) is 2.53. The molecule has 1 aromatic rings. The number of rotatable bonds is 5. The summed E-state index contributed by atoms with van der Waals surface area (Å²) in [5.74, 6) is -1.05. The van der Waals surface area contributed by atoms with E-state index < -0.39 is 20.7 Å². The van der Waals surface area contributed by atoms with Crippen molar-refractivity contribution in [1.82, 2.24) is 4.90 Å². The first-order chi connectivity index (χ1) is 9.12. The topological polar surface area (TPSA) is 89.7 Å². The number of carbonyl (C=O) groups is 1. The number of carbonyl (C=O) groups excluding carboxylic acids is 1.